The van der Waals surface area contributed by atoms with Crippen molar-refractivity contribution in [2.24, 2.45) is 12.9 Å². The zero-order valence-electron chi connectivity index (χ0n) is 13.6. The molecule has 2 N–H and O–H groups in total. The lowest BCUT2D eigenvalue weighted by Gasteiger charge is -2.18. The molecule has 0 spiro atoms. The SMILES string of the molecule is CCc1cccc(CC)c1-c1nc(N(N)CC)nc(=O)n1C. The van der Waals surface area contributed by atoms with E-state index in [-0.39, 0.29) is 11.6 Å². The van der Waals surface area contributed by atoms with E-state index in [1.807, 2.05) is 13.0 Å². The number of rotatable bonds is 5. The van der Waals surface area contributed by atoms with Gasteiger partial charge in [-0.3, -0.25) is 9.58 Å². The highest BCUT2D eigenvalue weighted by atomic mass is 16.1. The van der Waals surface area contributed by atoms with Gasteiger partial charge in [-0.25, -0.2) is 10.6 Å². The summed E-state index contributed by atoms with van der Waals surface area (Å²) < 4.78 is 1.49. The molecule has 0 unspecified atom stereocenters. The van der Waals surface area contributed by atoms with Crippen molar-refractivity contribution in [1.82, 2.24) is 14.5 Å². The average molecular weight is 301 g/mol. The highest BCUT2D eigenvalue weighted by Crippen LogP contribution is 2.27. The van der Waals surface area contributed by atoms with Gasteiger partial charge < -0.3 is 0 Å². The molecule has 118 valence electrons. The molecule has 0 amide bonds. The van der Waals surface area contributed by atoms with E-state index in [0.717, 1.165) is 18.4 Å². The largest absolute Gasteiger partial charge is 0.352 e. The highest BCUT2D eigenvalue weighted by molar-refractivity contribution is 5.66. The Morgan fingerprint density at radius 3 is 2.23 bits per heavy atom. The third-order valence-electron chi connectivity index (χ3n) is 3.83. The van der Waals surface area contributed by atoms with E-state index in [1.54, 1.807) is 7.05 Å². The van der Waals surface area contributed by atoms with E-state index in [1.165, 1.54) is 20.7 Å². The Balaban J connectivity index is 2.77. The van der Waals surface area contributed by atoms with E-state index in [2.05, 4.69) is 35.9 Å². The van der Waals surface area contributed by atoms with Gasteiger partial charge >= 0.3 is 5.69 Å². The molecule has 0 atom stereocenters. The Hall–Kier alpha value is -2.21. The molecular formula is C16H23N5O. The first kappa shape index (κ1) is 16.2. The second-order valence-corrected chi connectivity index (χ2v) is 5.13. The minimum Gasteiger partial charge on any atom is -0.279 e. The number of aryl methyl sites for hydroxylation is 2. The second-order valence-electron chi connectivity index (χ2n) is 5.13. The highest BCUT2D eigenvalue weighted by Gasteiger charge is 2.17. The Morgan fingerprint density at radius 2 is 1.73 bits per heavy atom. The normalized spacial score (nSPS) is 10.8. The molecule has 0 saturated heterocycles. The van der Waals surface area contributed by atoms with Crippen LogP contribution in [0.3, 0.4) is 0 Å². The van der Waals surface area contributed by atoms with E-state index in [9.17, 15) is 4.79 Å². The van der Waals surface area contributed by atoms with Gasteiger partial charge in [0.15, 0.2) is 0 Å². The number of benzene rings is 1. The number of aromatic nitrogens is 3. The number of nitrogens with zero attached hydrogens (tertiary/aromatic N) is 4. The van der Waals surface area contributed by atoms with Gasteiger partial charge in [0.2, 0.25) is 5.95 Å². The molecule has 0 aliphatic heterocycles. The van der Waals surface area contributed by atoms with Crippen LogP contribution in [-0.2, 0) is 19.9 Å². The third kappa shape index (κ3) is 2.87. The number of hydrogen-bond acceptors (Lipinski definition) is 5. The Bertz CT molecular complexity index is 701. The quantitative estimate of drug-likeness (QED) is 0.671. The van der Waals surface area contributed by atoms with Crippen LogP contribution in [0.25, 0.3) is 11.4 Å². The summed E-state index contributed by atoms with van der Waals surface area (Å²) in [7, 11) is 1.69. The van der Waals surface area contributed by atoms with Gasteiger partial charge in [0.25, 0.3) is 0 Å². The van der Waals surface area contributed by atoms with Crippen LogP contribution in [0.5, 0.6) is 0 Å². The summed E-state index contributed by atoms with van der Waals surface area (Å²) in [4.78, 5) is 20.7. The van der Waals surface area contributed by atoms with Crippen LogP contribution in [0.15, 0.2) is 23.0 Å². The van der Waals surface area contributed by atoms with Crippen LogP contribution in [0.2, 0.25) is 0 Å². The molecule has 2 aromatic rings. The molecule has 22 heavy (non-hydrogen) atoms. The van der Waals surface area contributed by atoms with E-state index >= 15 is 0 Å². The van der Waals surface area contributed by atoms with Gasteiger partial charge in [0, 0.05) is 19.2 Å². The molecule has 6 heteroatoms. The fourth-order valence-electron chi connectivity index (χ4n) is 2.47. The minimum atomic E-state index is -0.350. The zero-order valence-corrected chi connectivity index (χ0v) is 13.6. The molecule has 0 aliphatic carbocycles. The van der Waals surface area contributed by atoms with E-state index in [0.29, 0.717) is 12.4 Å². The summed E-state index contributed by atoms with van der Waals surface area (Å²) in [6.45, 7) is 6.61. The fraction of sp³-hybridized carbons (Fsp3) is 0.438. The van der Waals surface area contributed by atoms with E-state index < -0.39 is 0 Å². The summed E-state index contributed by atoms with van der Waals surface area (Å²) in [5.74, 6) is 6.74. The maximum absolute atomic E-state index is 12.2. The number of hydrogen-bond donors (Lipinski definition) is 1. The van der Waals surface area contributed by atoms with Crippen LogP contribution in [-0.4, -0.2) is 21.1 Å². The van der Waals surface area contributed by atoms with Gasteiger partial charge in [-0.15, -0.1) is 0 Å². The molecule has 6 nitrogen and oxygen atoms in total. The molecule has 1 heterocycles. The van der Waals surface area contributed by atoms with Gasteiger partial charge in [-0.2, -0.15) is 9.97 Å². The number of anilines is 1. The zero-order chi connectivity index (χ0) is 16.3. The topological polar surface area (TPSA) is 77.0 Å². The molecular weight excluding hydrogens is 278 g/mol. The maximum atomic E-state index is 12.2. The summed E-state index contributed by atoms with van der Waals surface area (Å²) in [5.41, 5.74) is 3.00. The Kier molecular flexibility index (Phi) is 4.92. The number of nitrogens with two attached hydrogens (primary N) is 1. The van der Waals surface area contributed by atoms with Crippen LogP contribution in [0.1, 0.15) is 31.9 Å². The molecule has 1 aromatic heterocycles. The lowest BCUT2D eigenvalue weighted by molar-refractivity contribution is 0.745. The molecule has 0 fully saturated rings. The molecule has 0 bridgehead atoms. The van der Waals surface area contributed by atoms with Crippen molar-refractivity contribution in [3.05, 3.63) is 39.8 Å². The smallest absolute Gasteiger partial charge is 0.279 e. The fourth-order valence-corrected chi connectivity index (χ4v) is 2.47. The second kappa shape index (κ2) is 6.70. The molecule has 0 saturated carbocycles. The Labute approximate surface area is 130 Å². The van der Waals surface area contributed by atoms with Crippen molar-refractivity contribution in [3.63, 3.8) is 0 Å². The van der Waals surface area contributed by atoms with E-state index in [4.69, 9.17) is 5.84 Å². The first-order valence-electron chi connectivity index (χ1n) is 7.61. The van der Waals surface area contributed by atoms with Crippen LogP contribution >= 0.6 is 0 Å². The lowest BCUT2D eigenvalue weighted by Crippen LogP contribution is -2.36. The summed E-state index contributed by atoms with van der Waals surface area (Å²) in [6, 6.07) is 6.18. The predicted octanol–water partition coefficient (Wildman–Crippen LogP) is 1.67. The molecule has 2 rings (SSSR count). The molecule has 0 radical (unpaired) electrons. The van der Waals surface area contributed by atoms with Crippen LogP contribution < -0.4 is 16.5 Å². The van der Waals surface area contributed by atoms with Crippen LogP contribution in [0, 0.1) is 0 Å². The van der Waals surface area contributed by atoms with Gasteiger partial charge in [-0.1, -0.05) is 32.0 Å². The van der Waals surface area contributed by atoms with Gasteiger partial charge in [0.05, 0.1) is 0 Å². The monoisotopic (exact) mass is 301 g/mol. The van der Waals surface area contributed by atoms with Gasteiger partial charge in [-0.05, 0) is 30.9 Å². The Morgan fingerprint density at radius 1 is 1.14 bits per heavy atom. The minimum absolute atomic E-state index is 0.258. The molecule has 1 aromatic carbocycles. The lowest BCUT2D eigenvalue weighted by atomic mass is 9.97. The van der Waals surface area contributed by atoms with Gasteiger partial charge in [0.1, 0.15) is 5.82 Å². The molecule has 0 aliphatic rings. The van der Waals surface area contributed by atoms with Crippen molar-refractivity contribution < 1.29 is 0 Å². The standard InChI is InChI=1S/C16H23N5O/c1-5-11-9-8-10-12(6-2)13(11)14-18-15(21(17)7-3)19-16(22)20(14)4/h8-10H,5-7,17H2,1-4H3. The van der Waals surface area contributed by atoms with Crippen LogP contribution in [0.4, 0.5) is 5.95 Å². The maximum Gasteiger partial charge on any atom is 0.352 e. The number of hydrazine groups is 1. The summed E-state index contributed by atoms with van der Waals surface area (Å²) in [6.07, 6.45) is 1.74. The van der Waals surface area contributed by atoms with Crippen molar-refractivity contribution in [2.45, 2.75) is 33.6 Å². The average Bonchev–Trinajstić information content (AvgIpc) is 2.55. The third-order valence-corrected chi connectivity index (χ3v) is 3.83. The van der Waals surface area contributed by atoms with Crippen molar-refractivity contribution >= 4 is 5.95 Å². The summed E-state index contributed by atoms with van der Waals surface area (Å²) in [5, 5.41) is 1.38. The van der Waals surface area contributed by atoms with Crippen molar-refractivity contribution in [2.75, 3.05) is 11.6 Å². The first-order valence-corrected chi connectivity index (χ1v) is 7.61. The van der Waals surface area contributed by atoms with Crippen molar-refractivity contribution in [1.29, 1.82) is 0 Å². The summed E-state index contributed by atoms with van der Waals surface area (Å²) >= 11 is 0. The predicted molar refractivity (Wildman–Crippen MR) is 88.7 cm³/mol. The first-order chi connectivity index (χ1) is 10.5. The van der Waals surface area contributed by atoms with Crippen molar-refractivity contribution in [3.8, 4) is 11.4 Å².